The molecule has 0 saturated heterocycles. The zero-order valence-electron chi connectivity index (χ0n) is 39.0. The maximum absolute atomic E-state index is 6.71. The number of nitrogens with zero attached hydrogens (tertiary/aromatic N) is 5. The molecule has 14 aromatic rings. The number of rotatable bonds is 9. The molecule has 4 aromatic heterocycles. The van der Waals surface area contributed by atoms with Crippen molar-refractivity contribution in [3.05, 3.63) is 267 Å². The highest BCUT2D eigenvalue weighted by atomic mass is 16.5. The molecule has 0 atom stereocenters. The summed E-state index contributed by atoms with van der Waals surface area (Å²) >= 11 is 0. The lowest BCUT2D eigenvalue weighted by Gasteiger charge is -2.20. The van der Waals surface area contributed by atoms with Gasteiger partial charge in [0.05, 0.1) is 55.9 Å². The average Bonchev–Trinajstić information content (AvgIpc) is 4.12. The summed E-state index contributed by atoms with van der Waals surface area (Å²) in [5.74, 6) is 1.43. The first kappa shape index (κ1) is 41.2. The monoisotopic (exact) mass is 921 g/mol. The number of hydrogen-bond acceptors (Lipinski definition) is 2. The van der Waals surface area contributed by atoms with E-state index in [9.17, 15) is 0 Å². The minimum atomic E-state index is 0.708. The SMILES string of the molecule is [c-]1n(-c2cccc(Oc3cccc(-c4cc(-c5ccc(-c6ccccc6)cc5)ccn4)c3)c2)c2ccccc2[n+]1-c1c(-n2c3ccccc3c3ccccc32)cccc1-n1c2ccccc2c2ccccc21. The summed E-state index contributed by atoms with van der Waals surface area (Å²) in [4.78, 5) is 4.79. The van der Waals surface area contributed by atoms with Gasteiger partial charge in [0.25, 0.3) is 6.33 Å². The van der Waals surface area contributed by atoms with Gasteiger partial charge in [0.2, 0.25) is 0 Å². The van der Waals surface area contributed by atoms with Crippen molar-refractivity contribution in [1.29, 1.82) is 0 Å². The molecule has 0 spiro atoms. The molecule has 0 radical (unpaired) electrons. The van der Waals surface area contributed by atoms with Gasteiger partial charge in [-0.15, -0.1) is 0 Å². The third-order valence-corrected chi connectivity index (χ3v) is 13.9. The molecule has 6 nitrogen and oxygen atoms in total. The zero-order chi connectivity index (χ0) is 47.5. The van der Waals surface area contributed by atoms with E-state index in [0.717, 1.165) is 84.0 Å². The Morgan fingerprint density at radius 1 is 0.361 bits per heavy atom. The van der Waals surface area contributed by atoms with Crippen molar-refractivity contribution in [3.63, 3.8) is 0 Å². The van der Waals surface area contributed by atoms with Gasteiger partial charge in [-0.2, -0.15) is 0 Å². The van der Waals surface area contributed by atoms with Crippen molar-refractivity contribution in [2.75, 3.05) is 0 Å². The Bertz CT molecular complexity index is 4130. The number of imidazole rings is 1. The predicted octanol–water partition coefficient (Wildman–Crippen LogP) is 16.1. The van der Waals surface area contributed by atoms with E-state index in [1.807, 2.05) is 36.5 Å². The molecule has 0 saturated carbocycles. The Morgan fingerprint density at radius 2 is 0.833 bits per heavy atom. The van der Waals surface area contributed by atoms with E-state index >= 15 is 0 Å². The second kappa shape index (κ2) is 17.0. The van der Waals surface area contributed by atoms with Gasteiger partial charge in [0.15, 0.2) is 0 Å². The largest absolute Gasteiger partial charge is 0.458 e. The van der Waals surface area contributed by atoms with Crippen molar-refractivity contribution in [1.82, 2.24) is 18.7 Å². The molecule has 10 aromatic carbocycles. The van der Waals surface area contributed by atoms with E-state index in [1.165, 1.54) is 32.7 Å². The number of benzene rings is 10. The summed E-state index contributed by atoms with van der Waals surface area (Å²) in [6.07, 6.45) is 5.79. The quantitative estimate of drug-likeness (QED) is 0.107. The number of pyridine rings is 1. The van der Waals surface area contributed by atoms with Crippen LogP contribution >= 0.6 is 0 Å². The lowest BCUT2D eigenvalue weighted by molar-refractivity contribution is -0.571. The van der Waals surface area contributed by atoms with Gasteiger partial charge in [-0.3, -0.25) is 14.1 Å². The minimum Gasteiger partial charge on any atom is -0.458 e. The second-order valence-corrected chi connectivity index (χ2v) is 18.1. The first-order valence-electron chi connectivity index (χ1n) is 24.3. The summed E-state index contributed by atoms with van der Waals surface area (Å²) in [5.41, 5.74) is 17.0. The van der Waals surface area contributed by atoms with Gasteiger partial charge in [0, 0.05) is 33.3 Å². The number of fused-ring (bicyclic) bond motifs is 7. The Balaban J connectivity index is 0.884. The first-order chi connectivity index (χ1) is 35.7. The molecule has 0 bridgehead atoms. The van der Waals surface area contributed by atoms with Crippen LogP contribution < -0.4 is 9.30 Å². The predicted molar refractivity (Wildman–Crippen MR) is 293 cm³/mol. The van der Waals surface area contributed by atoms with Crippen molar-refractivity contribution >= 4 is 54.6 Å². The smallest absolute Gasteiger partial charge is 0.269 e. The van der Waals surface area contributed by atoms with E-state index in [-0.39, 0.29) is 0 Å². The fourth-order valence-corrected chi connectivity index (χ4v) is 10.7. The van der Waals surface area contributed by atoms with Crippen LogP contribution in [0.1, 0.15) is 0 Å². The molecule has 6 heteroatoms. The van der Waals surface area contributed by atoms with Crippen LogP contribution in [0, 0.1) is 6.33 Å². The van der Waals surface area contributed by atoms with Gasteiger partial charge in [-0.1, -0.05) is 176 Å². The first-order valence-corrected chi connectivity index (χ1v) is 24.3. The van der Waals surface area contributed by atoms with Crippen molar-refractivity contribution in [3.8, 4) is 67.8 Å². The Hall–Kier alpha value is -9.78. The standard InChI is InChI=1S/C66H43N5O/c1-2-17-45(18-3-1)46-35-37-47(38-36-46)48-39-40-67-57(42-48)49-19-14-21-51(41-49)72-52-22-15-20-50(43-52)68-44-69(63-32-13-12-31-62(63)68)66-64(70-58-27-8-4-23-53(58)54-24-5-9-28-59(54)70)33-16-34-65(66)71-60-29-10-6-25-55(60)56-26-7-11-30-61(56)71/h1-43H. The van der Waals surface area contributed by atoms with Gasteiger partial charge >= 0.3 is 0 Å². The Morgan fingerprint density at radius 3 is 1.44 bits per heavy atom. The summed E-state index contributed by atoms with van der Waals surface area (Å²) in [7, 11) is 0. The minimum absolute atomic E-state index is 0.708. The van der Waals surface area contributed by atoms with Crippen LogP contribution in [0.5, 0.6) is 11.5 Å². The lowest BCUT2D eigenvalue weighted by Crippen LogP contribution is -2.33. The molecule has 14 rings (SSSR count). The van der Waals surface area contributed by atoms with Crippen molar-refractivity contribution < 1.29 is 9.30 Å². The van der Waals surface area contributed by atoms with Crippen LogP contribution in [0.15, 0.2) is 261 Å². The van der Waals surface area contributed by atoms with Crippen molar-refractivity contribution in [2.45, 2.75) is 0 Å². The average molecular weight is 922 g/mol. The Kier molecular flexibility index (Phi) is 9.74. The molecule has 0 unspecified atom stereocenters. The topological polar surface area (TPSA) is 40.8 Å². The highest BCUT2D eigenvalue weighted by Crippen LogP contribution is 2.39. The van der Waals surface area contributed by atoms with Crippen LogP contribution in [-0.4, -0.2) is 18.7 Å². The zero-order valence-corrected chi connectivity index (χ0v) is 39.0. The van der Waals surface area contributed by atoms with Crippen LogP contribution in [0.25, 0.3) is 111 Å². The molecule has 0 amide bonds. The molecular formula is C66H43N5O. The molecule has 4 heterocycles. The van der Waals surface area contributed by atoms with Crippen molar-refractivity contribution in [2.24, 2.45) is 0 Å². The normalized spacial score (nSPS) is 11.6. The Labute approximate surface area is 415 Å². The van der Waals surface area contributed by atoms with Crippen LogP contribution in [0.2, 0.25) is 0 Å². The number of ether oxygens (including phenoxy) is 1. The van der Waals surface area contributed by atoms with Gasteiger partial charge in [-0.25, -0.2) is 0 Å². The molecule has 0 aliphatic rings. The molecule has 72 heavy (non-hydrogen) atoms. The van der Waals surface area contributed by atoms with E-state index in [2.05, 4.69) is 249 Å². The molecule has 0 aliphatic heterocycles. The molecular weight excluding hydrogens is 879 g/mol. The lowest BCUT2D eigenvalue weighted by atomic mass is 9.99. The maximum atomic E-state index is 6.71. The molecule has 0 fully saturated rings. The highest BCUT2D eigenvalue weighted by Gasteiger charge is 2.24. The number of aromatic nitrogens is 5. The van der Waals surface area contributed by atoms with E-state index < -0.39 is 0 Å². The third kappa shape index (κ3) is 6.88. The fraction of sp³-hybridized carbons (Fsp3) is 0. The molecule has 338 valence electrons. The second-order valence-electron chi connectivity index (χ2n) is 18.1. The van der Waals surface area contributed by atoms with Gasteiger partial charge in [0.1, 0.15) is 17.2 Å². The van der Waals surface area contributed by atoms with E-state index in [1.54, 1.807) is 0 Å². The van der Waals surface area contributed by atoms with Crippen LogP contribution in [-0.2, 0) is 0 Å². The molecule has 0 aliphatic carbocycles. The summed E-state index contributed by atoms with van der Waals surface area (Å²) in [6, 6.07) is 89.9. The van der Waals surface area contributed by atoms with Crippen LogP contribution in [0.4, 0.5) is 0 Å². The van der Waals surface area contributed by atoms with E-state index in [4.69, 9.17) is 9.72 Å². The summed E-state index contributed by atoms with van der Waals surface area (Å²) in [5, 5.41) is 4.81. The van der Waals surface area contributed by atoms with Gasteiger partial charge in [-0.05, 0) is 101 Å². The highest BCUT2D eigenvalue weighted by molar-refractivity contribution is 6.11. The third-order valence-electron chi connectivity index (χ3n) is 13.9. The molecule has 0 N–H and O–H groups in total. The van der Waals surface area contributed by atoms with Crippen LogP contribution in [0.3, 0.4) is 0 Å². The fourth-order valence-electron chi connectivity index (χ4n) is 10.7. The summed E-state index contributed by atoms with van der Waals surface area (Å²) < 4.78 is 15.9. The summed E-state index contributed by atoms with van der Waals surface area (Å²) in [6.45, 7) is 0. The number of hydrogen-bond donors (Lipinski definition) is 0. The van der Waals surface area contributed by atoms with E-state index in [0.29, 0.717) is 5.75 Å². The van der Waals surface area contributed by atoms with Gasteiger partial charge < -0.3 is 13.9 Å². The number of para-hydroxylation sites is 7. The maximum Gasteiger partial charge on any atom is 0.269 e.